The number of likely N-dealkylation sites (tertiary alicyclic amines) is 1. The molecule has 0 saturated carbocycles. The third-order valence-corrected chi connectivity index (χ3v) is 3.78. The number of rotatable bonds is 4. The first-order chi connectivity index (χ1) is 9.10. The molecule has 0 radical (unpaired) electrons. The molecule has 1 aromatic carbocycles. The predicted molar refractivity (Wildman–Crippen MR) is 80.3 cm³/mol. The van der Waals surface area contributed by atoms with Crippen LogP contribution in [0.2, 0.25) is 0 Å². The van der Waals surface area contributed by atoms with Gasteiger partial charge < -0.3 is 10.6 Å². The Kier molecular flexibility index (Phi) is 6.43. The second kappa shape index (κ2) is 7.60. The fraction of sp³-hybridized carbons (Fsp3) is 0.533. The highest BCUT2D eigenvalue weighted by molar-refractivity contribution is 5.85. The monoisotopic (exact) mass is 300 g/mol. The molecule has 20 heavy (non-hydrogen) atoms. The van der Waals surface area contributed by atoms with Gasteiger partial charge in [-0.25, -0.2) is 4.39 Å². The molecule has 1 heterocycles. The smallest absolute Gasteiger partial charge is 0.225 e. The number of carbonyl (C=O) groups excluding carboxylic acids is 1. The van der Waals surface area contributed by atoms with E-state index >= 15 is 0 Å². The molecule has 112 valence electrons. The summed E-state index contributed by atoms with van der Waals surface area (Å²) >= 11 is 0. The molecule has 1 aromatic rings. The van der Waals surface area contributed by atoms with Crippen molar-refractivity contribution in [2.24, 2.45) is 17.6 Å². The van der Waals surface area contributed by atoms with E-state index in [9.17, 15) is 9.18 Å². The number of carbonyl (C=O) groups is 1. The Morgan fingerprint density at radius 3 is 2.90 bits per heavy atom. The zero-order valence-electron chi connectivity index (χ0n) is 11.7. The van der Waals surface area contributed by atoms with Crippen molar-refractivity contribution in [2.45, 2.75) is 19.8 Å². The van der Waals surface area contributed by atoms with Gasteiger partial charge in [0, 0.05) is 19.0 Å². The van der Waals surface area contributed by atoms with E-state index < -0.39 is 0 Å². The van der Waals surface area contributed by atoms with Gasteiger partial charge in [0.05, 0.1) is 0 Å². The summed E-state index contributed by atoms with van der Waals surface area (Å²) in [6, 6.07) is 6.46. The Labute approximate surface area is 125 Å². The van der Waals surface area contributed by atoms with Crippen molar-refractivity contribution in [1.82, 2.24) is 4.90 Å². The molecule has 0 bridgehead atoms. The minimum absolute atomic E-state index is 0. The maximum absolute atomic E-state index is 13.1. The van der Waals surface area contributed by atoms with Gasteiger partial charge in [-0.1, -0.05) is 19.1 Å². The highest BCUT2D eigenvalue weighted by atomic mass is 35.5. The first kappa shape index (κ1) is 16.9. The molecule has 5 heteroatoms. The summed E-state index contributed by atoms with van der Waals surface area (Å²) in [6.07, 6.45) is 1.58. The van der Waals surface area contributed by atoms with Gasteiger partial charge in [0.2, 0.25) is 5.91 Å². The third-order valence-electron chi connectivity index (χ3n) is 3.78. The highest BCUT2D eigenvalue weighted by Gasteiger charge is 2.28. The van der Waals surface area contributed by atoms with Crippen LogP contribution in [0, 0.1) is 17.7 Å². The molecule has 2 N–H and O–H groups in total. The lowest BCUT2D eigenvalue weighted by Crippen LogP contribution is -2.34. The Bertz CT molecular complexity index is 455. The van der Waals surface area contributed by atoms with Crippen molar-refractivity contribution in [3.63, 3.8) is 0 Å². The number of amides is 1. The predicted octanol–water partition coefficient (Wildman–Crippen LogP) is 2.23. The van der Waals surface area contributed by atoms with Gasteiger partial charge in [-0.2, -0.15) is 0 Å². The third kappa shape index (κ3) is 4.18. The van der Waals surface area contributed by atoms with E-state index in [4.69, 9.17) is 5.73 Å². The lowest BCUT2D eigenvalue weighted by molar-refractivity contribution is -0.134. The van der Waals surface area contributed by atoms with E-state index in [1.807, 2.05) is 17.9 Å². The molecule has 1 fully saturated rings. The molecule has 2 rings (SSSR count). The van der Waals surface area contributed by atoms with Crippen LogP contribution in [0.1, 0.15) is 18.9 Å². The number of nitrogens with two attached hydrogens (primary N) is 1. The van der Waals surface area contributed by atoms with Crippen LogP contribution < -0.4 is 5.73 Å². The van der Waals surface area contributed by atoms with Gasteiger partial charge >= 0.3 is 0 Å². The van der Waals surface area contributed by atoms with E-state index in [1.165, 1.54) is 12.1 Å². The van der Waals surface area contributed by atoms with E-state index in [-0.39, 0.29) is 30.0 Å². The first-order valence-corrected chi connectivity index (χ1v) is 6.83. The molecule has 1 aliphatic heterocycles. The molecule has 0 aliphatic carbocycles. The minimum atomic E-state index is -0.249. The van der Waals surface area contributed by atoms with Crippen LogP contribution in [-0.2, 0) is 11.2 Å². The van der Waals surface area contributed by atoms with E-state index in [1.54, 1.807) is 6.07 Å². The highest BCUT2D eigenvalue weighted by Crippen LogP contribution is 2.19. The van der Waals surface area contributed by atoms with Gasteiger partial charge in [-0.3, -0.25) is 4.79 Å². The van der Waals surface area contributed by atoms with Crippen LogP contribution in [0.25, 0.3) is 0 Å². The molecular weight excluding hydrogens is 279 g/mol. The standard InChI is InChI=1S/C15H21FN2O.ClH/c1-11(7-12-3-2-4-14(16)8-12)15(19)18-6-5-13(9-17)10-18;/h2-4,8,11,13H,5-7,9-10,17H2,1H3;1H. The Morgan fingerprint density at radius 2 is 2.30 bits per heavy atom. The zero-order valence-corrected chi connectivity index (χ0v) is 12.5. The molecule has 0 spiro atoms. The summed E-state index contributed by atoms with van der Waals surface area (Å²) < 4.78 is 13.1. The summed E-state index contributed by atoms with van der Waals surface area (Å²) in [5.74, 6) is 0.227. The van der Waals surface area contributed by atoms with Crippen LogP contribution in [-0.4, -0.2) is 30.4 Å². The number of hydrogen-bond acceptors (Lipinski definition) is 2. The van der Waals surface area contributed by atoms with Gasteiger partial charge in [0.25, 0.3) is 0 Å². The largest absolute Gasteiger partial charge is 0.342 e. The van der Waals surface area contributed by atoms with Crippen molar-refractivity contribution < 1.29 is 9.18 Å². The SMILES string of the molecule is CC(Cc1cccc(F)c1)C(=O)N1CCC(CN)C1.Cl. The number of hydrogen-bond donors (Lipinski definition) is 1. The molecule has 1 aliphatic rings. The van der Waals surface area contributed by atoms with Gasteiger partial charge in [0.1, 0.15) is 5.82 Å². The van der Waals surface area contributed by atoms with Gasteiger partial charge in [-0.15, -0.1) is 12.4 Å². The Morgan fingerprint density at radius 1 is 1.55 bits per heavy atom. The van der Waals surface area contributed by atoms with Crippen molar-refractivity contribution in [3.8, 4) is 0 Å². The second-order valence-electron chi connectivity index (χ2n) is 5.41. The molecule has 2 unspecified atom stereocenters. The lowest BCUT2D eigenvalue weighted by atomic mass is 10.00. The first-order valence-electron chi connectivity index (χ1n) is 6.83. The van der Waals surface area contributed by atoms with E-state index in [0.717, 1.165) is 25.1 Å². The maximum Gasteiger partial charge on any atom is 0.225 e. The molecule has 1 saturated heterocycles. The molecule has 2 atom stereocenters. The number of nitrogens with zero attached hydrogens (tertiary/aromatic N) is 1. The summed E-state index contributed by atoms with van der Waals surface area (Å²) in [6.45, 7) is 4.11. The van der Waals surface area contributed by atoms with Crippen LogP contribution in [0.4, 0.5) is 4.39 Å². The molecule has 3 nitrogen and oxygen atoms in total. The lowest BCUT2D eigenvalue weighted by Gasteiger charge is -2.21. The van der Waals surface area contributed by atoms with Crippen molar-refractivity contribution in [3.05, 3.63) is 35.6 Å². The zero-order chi connectivity index (χ0) is 13.8. The van der Waals surface area contributed by atoms with Gasteiger partial charge in [0.15, 0.2) is 0 Å². The number of halogens is 2. The van der Waals surface area contributed by atoms with Crippen LogP contribution in [0.5, 0.6) is 0 Å². The second-order valence-corrected chi connectivity index (χ2v) is 5.41. The van der Waals surface area contributed by atoms with E-state index in [0.29, 0.717) is 18.9 Å². The maximum atomic E-state index is 13.1. The van der Waals surface area contributed by atoms with Crippen LogP contribution in [0.3, 0.4) is 0 Å². The quantitative estimate of drug-likeness (QED) is 0.927. The minimum Gasteiger partial charge on any atom is -0.342 e. The normalized spacial score (nSPS) is 19.6. The van der Waals surface area contributed by atoms with Crippen molar-refractivity contribution >= 4 is 18.3 Å². The van der Waals surface area contributed by atoms with Gasteiger partial charge in [-0.05, 0) is 43.0 Å². The number of benzene rings is 1. The van der Waals surface area contributed by atoms with Crippen LogP contribution in [0.15, 0.2) is 24.3 Å². The van der Waals surface area contributed by atoms with Crippen molar-refractivity contribution in [2.75, 3.05) is 19.6 Å². The molecular formula is C15H22ClFN2O. The topological polar surface area (TPSA) is 46.3 Å². The summed E-state index contributed by atoms with van der Waals surface area (Å²) in [7, 11) is 0. The summed E-state index contributed by atoms with van der Waals surface area (Å²) in [5.41, 5.74) is 6.50. The molecule has 1 amide bonds. The average molecular weight is 301 g/mol. The summed E-state index contributed by atoms with van der Waals surface area (Å²) in [5, 5.41) is 0. The summed E-state index contributed by atoms with van der Waals surface area (Å²) in [4.78, 5) is 14.2. The fourth-order valence-corrected chi connectivity index (χ4v) is 2.64. The van der Waals surface area contributed by atoms with Crippen LogP contribution >= 0.6 is 12.4 Å². The van der Waals surface area contributed by atoms with Crippen molar-refractivity contribution in [1.29, 1.82) is 0 Å². The Balaban J connectivity index is 0.00000200. The van der Waals surface area contributed by atoms with E-state index in [2.05, 4.69) is 0 Å². The molecule has 0 aromatic heterocycles. The average Bonchev–Trinajstić information content (AvgIpc) is 2.86. The Hall–Kier alpha value is -1.13. The fourth-order valence-electron chi connectivity index (χ4n) is 2.64.